The van der Waals surface area contributed by atoms with E-state index in [0.717, 1.165) is 33.0 Å². The summed E-state index contributed by atoms with van der Waals surface area (Å²) < 4.78 is 6.42. The molecular weight excluding hydrogens is 392 g/mol. The van der Waals surface area contributed by atoms with Gasteiger partial charge in [-0.25, -0.2) is 4.98 Å². The number of ether oxygens (including phenoxy) is 1. The van der Waals surface area contributed by atoms with E-state index in [0.29, 0.717) is 21.7 Å². The van der Waals surface area contributed by atoms with E-state index in [1.54, 1.807) is 12.3 Å². The summed E-state index contributed by atoms with van der Waals surface area (Å²) in [5.41, 5.74) is 0.756. The zero-order chi connectivity index (χ0) is 18.1. The smallest absolute Gasteiger partial charge is 0.290 e. The van der Waals surface area contributed by atoms with Crippen molar-refractivity contribution < 1.29 is 14.3 Å². The number of amides is 2. The third-order valence-electron chi connectivity index (χ3n) is 3.74. The highest BCUT2D eigenvalue weighted by Crippen LogP contribution is 2.34. The molecule has 1 N–H and O–H groups in total. The van der Waals surface area contributed by atoms with E-state index < -0.39 is 5.91 Å². The van der Waals surface area contributed by atoms with Gasteiger partial charge in [0.15, 0.2) is 4.47 Å². The number of imide groups is 1. The molecule has 2 aromatic carbocycles. The zero-order valence-corrected chi connectivity index (χ0v) is 15.6. The molecule has 0 unspecified atom stereocenters. The fourth-order valence-corrected chi connectivity index (χ4v) is 4.16. The summed E-state index contributed by atoms with van der Waals surface area (Å²) in [5, 5.41) is 3.85. The number of aromatic nitrogens is 1. The van der Waals surface area contributed by atoms with E-state index in [-0.39, 0.29) is 5.24 Å². The number of fused-ring (bicyclic) bond motifs is 1. The molecule has 1 aliphatic heterocycles. The second kappa shape index (κ2) is 7.11. The first-order valence-electron chi connectivity index (χ1n) is 7.60. The van der Waals surface area contributed by atoms with Crippen LogP contribution in [0.5, 0.6) is 5.75 Å². The Morgan fingerprint density at radius 1 is 1.19 bits per heavy atom. The monoisotopic (exact) mass is 402 g/mol. The summed E-state index contributed by atoms with van der Waals surface area (Å²) in [4.78, 5) is 28.6. The van der Waals surface area contributed by atoms with Gasteiger partial charge in [-0.2, -0.15) is 0 Å². The molecule has 2 amide bonds. The molecule has 5 nitrogen and oxygen atoms in total. The van der Waals surface area contributed by atoms with E-state index in [4.69, 9.17) is 16.3 Å². The van der Waals surface area contributed by atoms with Crippen molar-refractivity contribution in [3.05, 3.63) is 62.4 Å². The van der Waals surface area contributed by atoms with Crippen molar-refractivity contribution in [2.45, 2.75) is 6.61 Å². The van der Waals surface area contributed by atoms with Crippen LogP contribution in [0.2, 0.25) is 4.47 Å². The SMILES string of the molecule is O=C1NC(=O)/C(=C/c2c(OCc3cnc(Cl)s3)ccc3ccccc23)S1. The maximum absolute atomic E-state index is 11.9. The maximum Gasteiger partial charge on any atom is 0.290 e. The predicted molar refractivity (Wildman–Crippen MR) is 105 cm³/mol. The lowest BCUT2D eigenvalue weighted by Gasteiger charge is -2.11. The molecule has 1 aromatic heterocycles. The maximum atomic E-state index is 11.9. The van der Waals surface area contributed by atoms with Gasteiger partial charge in [-0.15, -0.1) is 11.3 Å². The van der Waals surface area contributed by atoms with Crippen molar-refractivity contribution in [1.29, 1.82) is 0 Å². The number of carbonyl (C=O) groups excluding carboxylic acids is 2. The van der Waals surface area contributed by atoms with Crippen LogP contribution in [0.3, 0.4) is 0 Å². The number of nitrogens with zero attached hydrogens (tertiary/aromatic N) is 1. The van der Waals surface area contributed by atoms with E-state index >= 15 is 0 Å². The lowest BCUT2D eigenvalue weighted by Crippen LogP contribution is -2.17. The second-order valence-corrected chi connectivity index (χ2v) is 8.13. The summed E-state index contributed by atoms with van der Waals surface area (Å²) in [7, 11) is 0. The quantitative estimate of drug-likeness (QED) is 0.631. The van der Waals surface area contributed by atoms with E-state index in [2.05, 4.69) is 10.3 Å². The minimum atomic E-state index is -0.395. The molecule has 0 bridgehead atoms. The fraction of sp³-hybridized carbons (Fsp3) is 0.0556. The zero-order valence-electron chi connectivity index (χ0n) is 13.2. The third-order valence-corrected chi connectivity index (χ3v) is 5.64. The number of hydrogen-bond acceptors (Lipinski definition) is 6. The Hall–Kier alpha value is -2.35. The Morgan fingerprint density at radius 2 is 2.04 bits per heavy atom. The number of thioether (sulfide) groups is 1. The summed E-state index contributed by atoms with van der Waals surface area (Å²) in [6.45, 7) is 0.317. The normalized spacial score (nSPS) is 15.7. The molecule has 0 spiro atoms. The van der Waals surface area contributed by atoms with Crippen LogP contribution < -0.4 is 10.1 Å². The van der Waals surface area contributed by atoms with Crippen LogP contribution in [-0.4, -0.2) is 16.1 Å². The van der Waals surface area contributed by atoms with Crippen LogP contribution in [0.15, 0.2) is 47.5 Å². The Morgan fingerprint density at radius 3 is 2.77 bits per heavy atom. The summed E-state index contributed by atoms with van der Waals surface area (Å²) in [6, 6.07) is 11.6. The Bertz CT molecular complexity index is 1060. The van der Waals surface area contributed by atoms with Gasteiger partial charge in [0.1, 0.15) is 12.4 Å². The van der Waals surface area contributed by atoms with Crippen molar-refractivity contribution in [1.82, 2.24) is 10.3 Å². The Balaban J connectivity index is 1.75. The fourth-order valence-electron chi connectivity index (χ4n) is 2.60. The minimum absolute atomic E-state index is 0.317. The number of hydrogen-bond donors (Lipinski definition) is 1. The molecule has 0 radical (unpaired) electrons. The molecule has 0 atom stereocenters. The molecule has 0 saturated carbocycles. The third kappa shape index (κ3) is 3.46. The number of nitrogens with one attached hydrogen (secondary N) is 1. The van der Waals surface area contributed by atoms with E-state index in [1.807, 2.05) is 36.4 Å². The Labute approximate surface area is 162 Å². The number of carbonyl (C=O) groups is 2. The number of halogens is 1. The Kier molecular flexibility index (Phi) is 4.67. The number of benzene rings is 2. The highest BCUT2D eigenvalue weighted by Gasteiger charge is 2.25. The topological polar surface area (TPSA) is 68.3 Å². The van der Waals surface area contributed by atoms with Crippen LogP contribution in [0.4, 0.5) is 4.79 Å². The molecule has 8 heteroatoms. The molecule has 1 fully saturated rings. The first-order valence-corrected chi connectivity index (χ1v) is 9.61. The van der Waals surface area contributed by atoms with Gasteiger partial charge in [0.05, 0.1) is 9.78 Å². The molecule has 3 aromatic rings. The van der Waals surface area contributed by atoms with Crippen molar-refractivity contribution in [3.8, 4) is 5.75 Å². The summed E-state index contributed by atoms with van der Waals surface area (Å²) in [6.07, 6.45) is 3.37. The molecule has 0 aliphatic carbocycles. The van der Waals surface area contributed by atoms with Crippen molar-refractivity contribution in [3.63, 3.8) is 0 Å². The predicted octanol–water partition coefficient (Wildman–Crippen LogP) is 4.85. The molecular formula is C18H11ClN2O3S2. The molecule has 26 heavy (non-hydrogen) atoms. The largest absolute Gasteiger partial charge is 0.487 e. The lowest BCUT2D eigenvalue weighted by molar-refractivity contribution is -0.115. The van der Waals surface area contributed by atoms with Crippen molar-refractivity contribution in [2.75, 3.05) is 0 Å². The van der Waals surface area contributed by atoms with E-state index in [1.165, 1.54) is 11.3 Å². The number of rotatable bonds is 4. The number of thiazole rings is 1. The average molecular weight is 403 g/mol. The average Bonchev–Trinajstić information content (AvgIpc) is 3.18. The standard InChI is InChI=1S/C18H11ClN2O3S2/c19-17-20-8-11(25-17)9-24-14-6-5-10-3-1-2-4-12(10)13(14)7-15-16(22)21-18(23)26-15/h1-8H,9H2,(H,21,22,23)/b15-7-. The van der Waals surface area contributed by atoms with E-state index in [9.17, 15) is 9.59 Å². The van der Waals surface area contributed by atoms with Gasteiger partial charge < -0.3 is 4.74 Å². The van der Waals surface area contributed by atoms with Gasteiger partial charge in [-0.05, 0) is 34.7 Å². The van der Waals surface area contributed by atoms with Gasteiger partial charge in [0.2, 0.25) is 0 Å². The van der Waals surface area contributed by atoms with Crippen LogP contribution in [0.1, 0.15) is 10.4 Å². The van der Waals surface area contributed by atoms with Crippen LogP contribution in [0.25, 0.3) is 16.8 Å². The van der Waals surface area contributed by atoms with Crippen LogP contribution in [0, 0.1) is 0 Å². The van der Waals surface area contributed by atoms with Crippen molar-refractivity contribution in [2.24, 2.45) is 0 Å². The molecule has 1 saturated heterocycles. The second-order valence-electron chi connectivity index (χ2n) is 5.42. The van der Waals surface area contributed by atoms with Gasteiger partial charge in [0.25, 0.3) is 11.1 Å². The molecule has 2 heterocycles. The molecule has 130 valence electrons. The summed E-state index contributed by atoms with van der Waals surface area (Å²) in [5.74, 6) is 0.224. The van der Waals surface area contributed by atoms with Crippen LogP contribution in [-0.2, 0) is 11.4 Å². The first-order chi connectivity index (χ1) is 12.6. The highest BCUT2D eigenvalue weighted by atomic mass is 35.5. The molecule has 4 rings (SSSR count). The van der Waals surface area contributed by atoms with Crippen LogP contribution >= 0.6 is 34.7 Å². The van der Waals surface area contributed by atoms with Gasteiger partial charge >= 0.3 is 0 Å². The van der Waals surface area contributed by atoms with Gasteiger partial charge in [0, 0.05) is 11.8 Å². The van der Waals surface area contributed by atoms with Gasteiger partial charge in [-0.3, -0.25) is 14.9 Å². The summed E-state index contributed by atoms with van der Waals surface area (Å²) >= 11 is 8.09. The molecule has 1 aliphatic rings. The first kappa shape index (κ1) is 17.1. The van der Waals surface area contributed by atoms with Gasteiger partial charge in [-0.1, -0.05) is 41.9 Å². The lowest BCUT2D eigenvalue weighted by atomic mass is 10.0. The van der Waals surface area contributed by atoms with Crippen molar-refractivity contribution >= 4 is 62.7 Å². The minimum Gasteiger partial charge on any atom is -0.487 e. The highest BCUT2D eigenvalue weighted by molar-refractivity contribution is 8.18.